The molecule has 1 saturated heterocycles. The molecule has 1 aromatic rings. The molecular weight excluding hydrogens is 198 g/mol. The van der Waals surface area contributed by atoms with Crippen LogP contribution in [0.3, 0.4) is 0 Å². The van der Waals surface area contributed by atoms with Crippen molar-refractivity contribution < 1.29 is 19.1 Å². The van der Waals surface area contributed by atoms with Gasteiger partial charge in [-0.15, -0.1) is 0 Å². The number of aromatic nitrogens is 1. The van der Waals surface area contributed by atoms with Crippen LogP contribution in [0.4, 0.5) is 0 Å². The van der Waals surface area contributed by atoms with E-state index in [1.807, 2.05) is 6.92 Å². The van der Waals surface area contributed by atoms with Gasteiger partial charge in [-0.25, -0.2) is 9.78 Å². The highest BCUT2D eigenvalue weighted by Crippen LogP contribution is 2.26. The third-order valence-corrected chi connectivity index (χ3v) is 2.52. The Morgan fingerprint density at radius 3 is 2.93 bits per heavy atom. The number of carboxylic acid groups (broad SMARTS) is 1. The molecule has 1 aliphatic heterocycles. The molecule has 1 N–H and O–H groups in total. The maximum Gasteiger partial charge on any atom is 0.373 e. The largest absolute Gasteiger partial charge is 0.475 e. The third-order valence-electron chi connectivity index (χ3n) is 2.52. The maximum atomic E-state index is 10.8. The van der Waals surface area contributed by atoms with Gasteiger partial charge >= 0.3 is 5.97 Å². The van der Waals surface area contributed by atoms with Gasteiger partial charge in [0.15, 0.2) is 0 Å². The molecule has 0 bridgehead atoms. The van der Waals surface area contributed by atoms with Crippen LogP contribution in [0.2, 0.25) is 0 Å². The number of oxazole rings is 1. The number of nitrogens with zero attached hydrogens (tertiary/aromatic N) is 1. The summed E-state index contributed by atoms with van der Waals surface area (Å²) in [6.45, 7) is 3.12. The minimum absolute atomic E-state index is 0.0283. The summed E-state index contributed by atoms with van der Waals surface area (Å²) < 4.78 is 10.5. The zero-order valence-corrected chi connectivity index (χ0v) is 8.52. The fourth-order valence-electron chi connectivity index (χ4n) is 1.68. The van der Waals surface area contributed by atoms with E-state index in [4.69, 9.17) is 14.3 Å². The summed E-state index contributed by atoms with van der Waals surface area (Å²) >= 11 is 0. The Morgan fingerprint density at radius 1 is 1.67 bits per heavy atom. The molecule has 1 atom stereocenters. The van der Waals surface area contributed by atoms with Crippen LogP contribution < -0.4 is 0 Å². The van der Waals surface area contributed by atoms with Crippen LogP contribution in [-0.2, 0) is 11.2 Å². The predicted octanol–water partition coefficient (Wildman–Crippen LogP) is 1.44. The minimum Gasteiger partial charge on any atom is -0.475 e. The van der Waals surface area contributed by atoms with Gasteiger partial charge in [-0.05, 0) is 12.8 Å². The lowest BCUT2D eigenvalue weighted by molar-refractivity contribution is 0.0657. The number of carbonyl (C=O) groups is 1. The van der Waals surface area contributed by atoms with Crippen molar-refractivity contribution in [3.63, 3.8) is 0 Å². The summed E-state index contributed by atoms with van der Waals surface area (Å²) in [7, 11) is 0. The molecule has 1 aromatic heterocycles. The smallest absolute Gasteiger partial charge is 0.373 e. The molecule has 5 nitrogen and oxygen atoms in total. The van der Waals surface area contributed by atoms with Crippen molar-refractivity contribution in [3.05, 3.63) is 17.3 Å². The van der Waals surface area contributed by atoms with E-state index in [9.17, 15) is 4.79 Å². The second kappa shape index (κ2) is 4.02. The summed E-state index contributed by atoms with van der Waals surface area (Å²) in [6, 6.07) is 0. The van der Waals surface area contributed by atoms with Crippen LogP contribution in [0.25, 0.3) is 0 Å². The monoisotopic (exact) mass is 211 g/mol. The Balaban J connectivity index is 2.29. The molecule has 0 aliphatic carbocycles. The first-order chi connectivity index (χ1) is 7.22. The number of aromatic carboxylic acids is 1. The lowest BCUT2D eigenvalue weighted by Gasteiger charge is -1.99. The van der Waals surface area contributed by atoms with Crippen molar-refractivity contribution in [2.24, 2.45) is 0 Å². The second-order valence-corrected chi connectivity index (χ2v) is 3.55. The average Bonchev–Trinajstić information content (AvgIpc) is 2.86. The van der Waals surface area contributed by atoms with Gasteiger partial charge in [-0.1, -0.05) is 6.92 Å². The minimum atomic E-state index is -1.05. The fraction of sp³-hybridized carbons (Fsp3) is 0.600. The van der Waals surface area contributed by atoms with Crippen molar-refractivity contribution in [3.8, 4) is 0 Å². The quantitative estimate of drug-likeness (QED) is 0.818. The molecule has 0 amide bonds. The van der Waals surface area contributed by atoms with Gasteiger partial charge in [0.2, 0.25) is 11.7 Å². The molecule has 0 radical (unpaired) electrons. The molecule has 82 valence electrons. The molecule has 0 saturated carbocycles. The zero-order chi connectivity index (χ0) is 10.8. The number of ether oxygens (including phenoxy) is 1. The van der Waals surface area contributed by atoms with E-state index in [1.54, 1.807) is 0 Å². The summed E-state index contributed by atoms with van der Waals surface area (Å²) in [5.41, 5.74) is 0.518. The standard InChI is InChI=1S/C10H13NO4/c1-2-7-8(10(12)13)15-9(11-7)6-3-4-14-5-6/h6H,2-5H2,1H3,(H,12,13)/t6-/m1/s1. The molecular formula is C10H13NO4. The normalized spacial score (nSPS) is 20.7. The maximum absolute atomic E-state index is 10.8. The van der Waals surface area contributed by atoms with E-state index >= 15 is 0 Å². The second-order valence-electron chi connectivity index (χ2n) is 3.55. The fourth-order valence-corrected chi connectivity index (χ4v) is 1.68. The van der Waals surface area contributed by atoms with Crippen molar-refractivity contribution in [1.29, 1.82) is 0 Å². The molecule has 5 heteroatoms. The van der Waals surface area contributed by atoms with Gasteiger partial charge in [-0.2, -0.15) is 0 Å². The first kappa shape index (κ1) is 10.2. The number of rotatable bonds is 3. The highest BCUT2D eigenvalue weighted by molar-refractivity contribution is 5.85. The van der Waals surface area contributed by atoms with Crippen LogP contribution in [0.5, 0.6) is 0 Å². The Kier molecular flexibility index (Phi) is 2.73. The topological polar surface area (TPSA) is 72.6 Å². The Bertz CT molecular complexity index is 365. The van der Waals surface area contributed by atoms with Gasteiger partial charge in [-0.3, -0.25) is 0 Å². The predicted molar refractivity (Wildman–Crippen MR) is 51.0 cm³/mol. The van der Waals surface area contributed by atoms with Crippen molar-refractivity contribution in [1.82, 2.24) is 4.98 Å². The van der Waals surface area contributed by atoms with Crippen molar-refractivity contribution in [2.45, 2.75) is 25.7 Å². The van der Waals surface area contributed by atoms with Crippen molar-refractivity contribution >= 4 is 5.97 Å². The molecule has 2 heterocycles. The van der Waals surface area contributed by atoms with E-state index in [0.29, 0.717) is 31.2 Å². The lowest BCUT2D eigenvalue weighted by atomic mass is 10.1. The van der Waals surface area contributed by atoms with E-state index in [-0.39, 0.29) is 11.7 Å². The van der Waals surface area contributed by atoms with Crippen LogP contribution in [-0.4, -0.2) is 29.3 Å². The third kappa shape index (κ3) is 1.87. The highest BCUT2D eigenvalue weighted by Gasteiger charge is 2.26. The summed E-state index contributed by atoms with van der Waals surface area (Å²) in [5.74, 6) is -0.464. The number of aryl methyl sites for hydroxylation is 1. The van der Waals surface area contributed by atoms with E-state index < -0.39 is 5.97 Å². The number of hydrogen-bond donors (Lipinski definition) is 1. The van der Waals surface area contributed by atoms with Gasteiger partial charge in [0.05, 0.1) is 18.2 Å². The number of carboxylic acids is 1. The van der Waals surface area contributed by atoms with Gasteiger partial charge < -0.3 is 14.3 Å². The molecule has 15 heavy (non-hydrogen) atoms. The van der Waals surface area contributed by atoms with E-state index in [2.05, 4.69) is 4.98 Å². The summed E-state index contributed by atoms with van der Waals surface area (Å²) in [6.07, 6.45) is 1.42. The van der Waals surface area contributed by atoms with Crippen LogP contribution in [0, 0.1) is 0 Å². The van der Waals surface area contributed by atoms with E-state index in [0.717, 1.165) is 6.42 Å². The molecule has 2 rings (SSSR count). The summed E-state index contributed by atoms with van der Waals surface area (Å²) in [4.78, 5) is 15.0. The SMILES string of the molecule is CCc1nc([C@@H]2CCOC2)oc1C(=O)O. The zero-order valence-electron chi connectivity index (χ0n) is 8.52. The van der Waals surface area contributed by atoms with Gasteiger partial charge in [0, 0.05) is 6.61 Å². The Hall–Kier alpha value is -1.36. The lowest BCUT2D eigenvalue weighted by Crippen LogP contribution is -1.98. The highest BCUT2D eigenvalue weighted by atomic mass is 16.5. The molecule has 1 fully saturated rings. The number of hydrogen-bond acceptors (Lipinski definition) is 4. The van der Waals surface area contributed by atoms with Gasteiger partial charge in [0.1, 0.15) is 0 Å². The average molecular weight is 211 g/mol. The van der Waals surface area contributed by atoms with Crippen LogP contribution >= 0.6 is 0 Å². The van der Waals surface area contributed by atoms with Crippen molar-refractivity contribution in [2.75, 3.05) is 13.2 Å². The Labute approximate surface area is 87.1 Å². The molecule has 0 aromatic carbocycles. The molecule has 0 spiro atoms. The van der Waals surface area contributed by atoms with Crippen LogP contribution in [0.15, 0.2) is 4.42 Å². The molecule has 0 unspecified atom stereocenters. The van der Waals surface area contributed by atoms with E-state index in [1.165, 1.54) is 0 Å². The first-order valence-electron chi connectivity index (χ1n) is 5.03. The van der Waals surface area contributed by atoms with Crippen LogP contribution in [0.1, 0.15) is 41.4 Å². The first-order valence-corrected chi connectivity index (χ1v) is 5.03. The molecule has 1 aliphatic rings. The summed E-state index contributed by atoms with van der Waals surface area (Å²) in [5, 5.41) is 8.89. The van der Waals surface area contributed by atoms with Gasteiger partial charge in [0.25, 0.3) is 0 Å². The Morgan fingerprint density at radius 2 is 2.47 bits per heavy atom.